The van der Waals surface area contributed by atoms with Crippen LogP contribution in [0.1, 0.15) is 24.0 Å². The summed E-state index contributed by atoms with van der Waals surface area (Å²) in [7, 11) is -3.21. The van der Waals surface area contributed by atoms with Crippen molar-refractivity contribution in [3.8, 4) is 0 Å². The van der Waals surface area contributed by atoms with E-state index in [-0.39, 0.29) is 12.5 Å². The van der Waals surface area contributed by atoms with E-state index in [0.717, 1.165) is 30.3 Å². The number of carbonyl (C=O) groups is 1. The summed E-state index contributed by atoms with van der Waals surface area (Å²) in [6.07, 6.45) is 2.66. The minimum atomic E-state index is -3.21. The first-order valence-corrected chi connectivity index (χ1v) is 8.14. The maximum Gasteiger partial charge on any atom is 0.222 e. The molecule has 0 radical (unpaired) electrons. The number of hydrogen-bond acceptors (Lipinski definition) is 3. The molecule has 0 saturated carbocycles. The number of benzene rings is 1. The molecule has 1 aromatic carbocycles. The molecule has 0 aromatic heterocycles. The van der Waals surface area contributed by atoms with Gasteiger partial charge < -0.3 is 4.90 Å². The van der Waals surface area contributed by atoms with Crippen LogP contribution in [0.25, 0.3) is 0 Å². The monoisotopic (exact) mass is 282 g/mol. The predicted octanol–water partition coefficient (Wildman–Crippen LogP) is 0.858. The zero-order valence-electron chi connectivity index (χ0n) is 10.9. The molecule has 1 amide bonds. The van der Waals surface area contributed by atoms with E-state index in [1.807, 2.05) is 29.2 Å². The summed E-state index contributed by atoms with van der Waals surface area (Å²) in [6, 6.07) is 7.59. The van der Waals surface area contributed by atoms with Gasteiger partial charge >= 0.3 is 0 Å². The van der Waals surface area contributed by atoms with Crippen LogP contribution >= 0.6 is 0 Å². The number of nitrogens with one attached hydrogen (secondary N) is 1. The van der Waals surface area contributed by atoms with Crippen LogP contribution in [0, 0.1) is 0 Å². The summed E-state index contributed by atoms with van der Waals surface area (Å²) in [5.41, 5.74) is 1.90. The van der Waals surface area contributed by atoms with E-state index in [4.69, 9.17) is 0 Å². The number of amides is 1. The van der Waals surface area contributed by atoms with Gasteiger partial charge in [-0.05, 0) is 17.5 Å². The summed E-state index contributed by atoms with van der Waals surface area (Å²) in [6.45, 7) is 1.60. The molecule has 0 aliphatic carbocycles. The van der Waals surface area contributed by atoms with Crippen molar-refractivity contribution in [1.82, 2.24) is 9.62 Å². The van der Waals surface area contributed by atoms with Crippen LogP contribution in [-0.4, -0.2) is 32.0 Å². The van der Waals surface area contributed by atoms with Crippen LogP contribution < -0.4 is 4.72 Å². The Hall–Kier alpha value is -1.40. The van der Waals surface area contributed by atoms with E-state index in [0.29, 0.717) is 13.0 Å². The van der Waals surface area contributed by atoms with Crippen LogP contribution in [0.4, 0.5) is 0 Å². The average Bonchev–Trinajstić information content (AvgIpc) is 2.73. The minimum absolute atomic E-state index is 0.172. The number of rotatable bonds is 5. The molecule has 1 heterocycles. The van der Waals surface area contributed by atoms with Crippen molar-refractivity contribution in [3.05, 3.63) is 35.4 Å². The second-order valence-corrected chi connectivity index (χ2v) is 6.61. The molecule has 0 bridgehead atoms. The fraction of sp³-hybridized carbons (Fsp3) is 0.462. The minimum Gasteiger partial charge on any atom is -0.338 e. The Bertz CT molecular complexity index is 569. The van der Waals surface area contributed by atoms with E-state index < -0.39 is 10.0 Å². The Labute approximate surface area is 113 Å². The Balaban J connectivity index is 2.09. The maximum absolute atomic E-state index is 11.6. The van der Waals surface area contributed by atoms with Gasteiger partial charge in [-0.1, -0.05) is 24.3 Å². The molecule has 2 rings (SSSR count). The van der Waals surface area contributed by atoms with Crippen LogP contribution in [0.2, 0.25) is 0 Å². The number of nitrogens with zero attached hydrogens (tertiary/aromatic N) is 1. The van der Waals surface area contributed by atoms with Gasteiger partial charge in [-0.25, -0.2) is 13.1 Å². The van der Waals surface area contributed by atoms with Crippen LogP contribution in [0.3, 0.4) is 0 Å². The Morgan fingerprint density at radius 2 is 1.95 bits per heavy atom. The van der Waals surface area contributed by atoms with Crippen LogP contribution in [0.15, 0.2) is 24.3 Å². The van der Waals surface area contributed by atoms with E-state index in [9.17, 15) is 13.2 Å². The molecular formula is C13H18N2O3S. The summed E-state index contributed by atoms with van der Waals surface area (Å²) in [5.74, 6) is 0.172. The summed E-state index contributed by atoms with van der Waals surface area (Å²) in [5, 5.41) is 0. The number of likely N-dealkylation sites (tertiary alicyclic amines) is 1. The van der Waals surface area contributed by atoms with Crippen LogP contribution in [0.5, 0.6) is 0 Å². The van der Waals surface area contributed by atoms with E-state index >= 15 is 0 Å². The lowest BCUT2D eigenvalue weighted by Crippen LogP contribution is -2.26. The predicted molar refractivity (Wildman–Crippen MR) is 72.8 cm³/mol. The molecular weight excluding hydrogens is 264 g/mol. The van der Waals surface area contributed by atoms with Gasteiger partial charge in [0.15, 0.2) is 0 Å². The zero-order valence-corrected chi connectivity index (χ0v) is 11.7. The van der Waals surface area contributed by atoms with Crippen molar-refractivity contribution in [3.63, 3.8) is 0 Å². The number of carbonyl (C=O) groups excluding carboxylic acids is 1. The Kier molecular flexibility index (Phi) is 4.21. The topological polar surface area (TPSA) is 66.5 Å². The molecule has 6 heteroatoms. The van der Waals surface area contributed by atoms with Crippen molar-refractivity contribution in [2.75, 3.05) is 12.8 Å². The molecule has 1 aliphatic heterocycles. The van der Waals surface area contributed by atoms with Crippen molar-refractivity contribution in [1.29, 1.82) is 0 Å². The molecule has 1 fully saturated rings. The third-order valence-corrected chi connectivity index (χ3v) is 3.84. The lowest BCUT2D eigenvalue weighted by molar-refractivity contribution is -0.128. The quantitative estimate of drug-likeness (QED) is 0.871. The first-order valence-electron chi connectivity index (χ1n) is 6.25. The molecule has 1 saturated heterocycles. The first-order chi connectivity index (χ1) is 8.96. The van der Waals surface area contributed by atoms with Gasteiger partial charge in [0.2, 0.25) is 15.9 Å². The largest absolute Gasteiger partial charge is 0.338 e. The fourth-order valence-corrected chi connectivity index (χ4v) is 2.59. The van der Waals surface area contributed by atoms with Crippen molar-refractivity contribution in [2.45, 2.75) is 25.9 Å². The van der Waals surface area contributed by atoms with Crippen molar-refractivity contribution < 1.29 is 13.2 Å². The molecule has 0 unspecified atom stereocenters. The highest BCUT2D eigenvalue weighted by atomic mass is 32.2. The smallest absolute Gasteiger partial charge is 0.222 e. The second-order valence-electron chi connectivity index (χ2n) is 4.78. The summed E-state index contributed by atoms with van der Waals surface area (Å²) in [4.78, 5) is 13.4. The summed E-state index contributed by atoms with van der Waals surface area (Å²) < 4.78 is 24.8. The van der Waals surface area contributed by atoms with Gasteiger partial charge in [-0.3, -0.25) is 4.79 Å². The summed E-state index contributed by atoms with van der Waals surface area (Å²) >= 11 is 0. The Morgan fingerprint density at radius 1 is 1.26 bits per heavy atom. The van der Waals surface area contributed by atoms with Crippen molar-refractivity contribution >= 4 is 15.9 Å². The van der Waals surface area contributed by atoms with E-state index in [1.165, 1.54) is 0 Å². The lowest BCUT2D eigenvalue weighted by Gasteiger charge is -2.18. The van der Waals surface area contributed by atoms with Gasteiger partial charge in [-0.2, -0.15) is 0 Å². The van der Waals surface area contributed by atoms with Gasteiger partial charge in [0.25, 0.3) is 0 Å². The second kappa shape index (κ2) is 5.71. The normalized spacial score (nSPS) is 16.1. The number of sulfonamides is 1. The highest BCUT2D eigenvalue weighted by molar-refractivity contribution is 7.88. The highest BCUT2D eigenvalue weighted by Crippen LogP contribution is 2.17. The molecule has 1 N–H and O–H groups in total. The third kappa shape index (κ3) is 4.04. The van der Waals surface area contributed by atoms with Gasteiger partial charge in [0.05, 0.1) is 6.26 Å². The third-order valence-electron chi connectivity index (χ3n) is 3.18. The Morgan fingerprint density at radius 3 is 2.53 bits per heavy atom. The fourth-order valence-electron chi connectivity index (χ4n) is 2.17. The molecule has 0 atom stereocenters. The van der Waals surface area contributed by atoms with Gasteiger partial charge in [0.1, 0.15) is 0 Å². The molecule has 0 spiro atoms. The van der Waals surface area contributed by atoms with Crippen molar-refractivity contribution in [2.24, 2.45) is 0 Å². The highest BCUT2D eigenvalue weighted by Gasteiger charge is 2.20. The molecule has 1 aliphatic rings. The SMILES string of the molecule is CS(=O)(=O)NCc1ccccc1CN1CCCC1=O. The van der Waals surface area contributed by atoms with Crippen LogP contribution in [-0.2, 0) is 27.9 Å². The molecule has 19 heavy (non-hydrogen) atoms. The molecule has 5 nitrogen and oxygen atoms in total. The standard InChI is InChI=1S/C13H18N2O3S/c1-19(17,18)14-9-11-5-2-3-6-12(11)10-15-8-4-7-13(15)16/h2-3,5-6,14H,4,7-10H2,1H3. The molecule has 104 valence electrons. The average molecular weight is 282 g/mol. The zero-order chi connectivity index (χ0) is 13.9. The molecule has 1 aromatic rings. The number of hydrogen-bond donors (Lipinski definition) is 1. The van der Waals surface area contributed by atoms with Gasteiger partial charge in [0, 0.05) is 26.1 Å². The van der Waals surface area contributed by atoms with E-state index in [1.54, 1.807) is 0 Å². The van der Waals surface area contributed by atoms with Gasteiger partial charge in [-0.15, -0.1) is 0 Å². The maximum atomic E-state index is 11.6. The van der Waals surface area contributed by atoms with E-state index in [2.05, 4.69) is 4.72 Å². The lowest BCUT2D eigenvalue weighted by atomic mass is 10.1. The first kappa shape index (κ1) is 14.0.